The summed E-state index contributed by atoms with van der Waals surface area (Å²) < 4.78 is 37.8. The molecular weight excluding hydrogens is 606 g/mol. The average molecular weight is 640 g/mol. The largest absolute Gasteiger partial charge is 0.457 e. The number of aromatic nitrogens is 1. The summed E-state index contributed by atoms with van der Waals surface area (Å²) in [7, 11) is -3.82. The number of amides is 3. The third-order valence-corrected chi connectivity index (χ3v) is 6.38. The highest BCUT2D eigenvalue weighted by molar-refractivity contribution is 7.85. The molecule has 0 bridgehead atoms. The van der Waals surface area contributed by atoms with Crippen LogP contribution in [0.1, 0.15) is 61.1 Å². The quantitative estimate of drug-likeness (QED) is 0.111. The van der Waals surface area contributed by atoms with Gasteiger partial charge >= 0.3 is 12.1 Å². The Morgan fingerprint density at radius 2 is 1.66 bits per heavy atom. The van der Waals surface area contributed by atoms with Gasteiger partial charge in [0, 0.05) is 0 Å². The number of hydrogen-bond donors (Lipinski definition) is 3. The second-order valence-electron chi connectivity index (χ2n) is 11.4. The van der Waals surface area contributed by atoms with Gasteiger partial charge in [0.2, 0.25) is 11.5 Å². The van der Waals surface area contributed by atoms with E-state index in [1.807, 2.05) is 0 Å². The zero-order valence-corrected chi connectivity index (χ0v) is 26.4. The molecular formula is C23H34ClN5O10S2. The molecule has 2 heterocycles. The lowest BCUT2D eigenvalue weighted by molar-refractivity contribution is -0.179. The Morgan fingerprint density at radius 3 is 2.17 bits per heavy atom. The van der Waals surface area contributed by atoms with Crippen LogP contribution in [-0.4, -0.2) is 84.7 Å². The highest BCUT2D eigenvalue weighted by Gasteiger charge is 2.43. The van der Waals surface area contributed by atoms with E-state index in [4.69, 9.17) is 30.1 Å². The highest BCUT2D eigenvalue weighted by atomic mass is 35.5. The molecule has 41 heavy (non-hydrogen) atoms. The summed E-state index contributed by atoms with van der Waals surface area (Å²) in [6.07, 6.45) is 0.00231. The van der Waals surface area contributed by atoms with E-state index in [1.54, 1.807) is 41.5 Å². The molecule has 0 unspecified atom stereocenters. The molecule has 15 nitrogen and oxygen atoms in total. The molecule has 1 aromatic rings. The van der Waals surface area contributed by atoms with Crippen molar-refractivity contribution in [2.75, 3.05) is 18.2 Å². The molecule has 1 aliphatic rings. The molecule has 1 aliphatic heterocycles. The molecule has 3 amide bonds. The number of halogens is 1. The summed E-state index contributed by atoms with van der Waals surface area (Å²) >= 11 is 7.11. The molecule has 0 saturated carbocycles. The summed E-state index contributed by atoms with van der Waals surface area (Å²) in [5, 5.41) is 11.0. The van der Waals surface area contributed by atoms with Gasteiger partial charge in [-0.05, 0) is 55.4 Å². The van der Waals surface area contributed by atoms with Crippen molar-refractivity contribution < 1.29 is 46.1 Å². The minimum absolute atomic E-state index is 0.0491. The maximum absolute atomic E-state index is 13.3. The van der Waals surface area contributed by atoms with Gasteiger partial charge in [0.1, 0.15) is 27.3 Å². The lowest BCUT2D eigenvalue weighted by Gasteiger charge is -2.36. The number of esters is 1. The topological polar surface area (TPSA) is 201 Å². The van der Waals surface area contributed by atoms with Crippen molar-refractivity contribution in [3.63, 3.8) is 0 Å². The first kappa shape index (κ1) is 34.2. The third-order valence-electron chi connectivity index (χ3n) is 4.65. The van der Waals surface area contributed by atoms with E-state index < -0.39 is 75.2 Å². The van der Waals surface area contributed by atoms with E-state index in [0.29, 0.717) is 0 Å². The Labute approximate surface area is 246 Å². The Balaban J connectivity index is 2.38. The minimum Gasteiger partial charge on any atom is -0.457 e. The first-order chi connectivity index (χ1) is 18.5. The predicted molar refractivity (Wildman–Crippen MR) is 149 cm³/mol. The molecule has 2 rings (SSSR count). The molecule has 0 aliphatic carbocycles. The summed E-state index contributed by atoms with van der Waals surface area (Å²) in [5.41, 5.74) is -4.13. The van der Waals surface area contributed by atoms with Crippen LogP contribution in [0.4, 0.5) is 9.93 Å². The van der Waals surface area contributed by atoms with Crippen LogP contribution in [0, 0.1) is 0 Å². The molecule has 3 N–H and O–H groups in total. The van der Waals surface area contributed by atoms with Gasteiger partial charge in [-0.1, -0.05) is 28.1 Å². The molecule has 2 atom stereocenters. The van der Waals surface area contributed by atoms with Gasteiger partial charge in [-0.15, -0.1) is 0 Å². The van der Waals surface area contributed by atoms with Crippen molar-refractivity contribution in [2.24, 2.45) is 5.16 Å². The first-order valence-corrected chi connectivity index (χ1v) is 15.1. The molecule has 0 spiro atoms. The summed E-state index contributed by atoms with van der Waals surface area (Å²) in [5.74, 6) is -2.42. The Bertz CT molecular complexity index is 1330. The minimum atomic E-state index is -3.82. The number of hydrogen-bond acceptors (Lipinski definition) is 13. The number of β-lactam (4-membered cyclic amide) rings is 1. The van der Waals surface area contributed by atoms with Crippen LogP contribution in [0.15, 0.2) is 5.16 Å². The number of ether oxygens (including phenoxy) is 2. The van der Waals surface area contributed by atoms with Crippen molar-refractivity contribution >= 4 is 67.8 Å². The molecule has 1 aromatic heterocycles. The van der Waals surface area contributed by atoms with E-state index in [0.717, 1.165) is 17.6 Å². The van der Waals surface area contributed by atoms with E-state index in [-0.39, 0.29) is 15.2 Å². The van der Waals surface area contributed by atoms with E-state index in [2.05, 4.69) is 26.1 Å². The normalized spacial score (nSPS) is 18.1. The van der Waals surface area contributed by atoms with Crippen molar-refractivity contribution in [1.82, 2.24) is 15.6 Å². The summed E-state index contributed by atoms with van der Waals surface area (Å²) in [4.78, 5) is 59.9. The molecule has 1 fully saturated rings. The Hall–Kier alpha value is -3.02. The van der Waals surface area contributed by atoms with Gasteiger partial charge in [-0.25, -0.2) is 14.6 Å². The average Bonchev–Trinajstić information content (AvgIpc) is 3.11. The van der Waals surface area contributed by atoms with Crippen LogP contribution < -0.4 is 16.0 Å². The van der Waals surface area contributed by atoms with E-state index in [1.165, 1.54) is 13.8 Å². The van der Waals surface area contributed by atoms with Gasteiger partial charge in [0.25, 0.3) is 16.0 Å². The second kappa shape index (κ2) is 12.5. The first-order valence-electron chi connectivity index (χ1n) is 12.1. The summed E-state index contributed by atoms with van der Waals surface area (Å²) in [6.45, 7) is 12.2. The molecule has 0 radical (unpaired) electrons. The van der Waals surface area contributed by atoms with E-state index >= 15 is 0 Å². The van der Waals surface area contributed by atoms with Crippen LogP contribution >= 0.6 is 22.9 Å². The highest BCUT2D eigenvalue weighted by Crippen LogP contribution is 2.30. The Kier molecular flexibility index (Phi) is 10.4. The SMILES string of the molecule is CC(C)(C)OC(=O)Nc1nc(/C(=N/OC(C)(C)C(=O)OC(C)(C)C)C(=O)N[C@H]2C(=O)N[C@H]2COS(C)(=O)=O)c(Cl)s1. The van der Waals surface area contributed by atoms with E-state index in [9.17, 15) is 27.6 Å². The number of nitrogens with zero attached hydrogens (tertiary/aromatic N) is 2. The van der Waals surface area contributed by atoms with Crippen LogP contribution in [-0.2, 0) is 43.0 Å². The summed E-state index contributed by atoms with van der Waals surface area (Å²) in [6, 6.07) is -2.08. The predicted octanol–water partition coefficient (Wildman–Crippen LogP) is 1.94. The third kappa shape index (κ3) is 10.7. The van der Waals surface area contributed by atoms with Crippen molar-refractivity contribution in [2.45, 2.75) is 84.3 Å². The van der Waals surface area contributed by atoms with Gasteiger partial charge in [0.05, 0.1) is 18.9 Å². The fourth-order valence-corrected chi connectivity index (χ4v) is 4.26. The van der Waals surface area contributed by atoms with Gasteiger partial charge in [-0.3, -0.25) is 19.1 Å². The number of carbonyl (C=O) groups excluding carboxylic acids is 4. The van der Waals surface area contributed by atoms with Crippen molar-refractivity contribution in [1.29, 1.82) is 0 Å². The number of thiazole rings is 1. The molecule has 230 valence electrons. The maximum Gasteiger partial charge on any atom is 0.413 e. The number of oxime groups is 1. The zero-order chi connectivity index (χ0) is 31.6. The van der Waals surface area contributed by atoms with Gasteiger partial charge in [-0.2, -0.15) is 8.42 Å². The second-order valence-corrected chi connectivity index (χ2v) is 14.6. The number of carbonyl (C=O) groups is 4. The molecule has 0 aromatic carbocycles. The standard InChI is InChI=1S/C23H34ClN5O10S2/c1-21(2,3)37-18(32)23(7,8)39-29-14(13-15(24)40-19(27-13)28-20(33)38-22(4,5)6)17(31)26-12-11(25-16(12)30)10-36-41(9,34)35/h11-12H,10H2,1-9H3,(H,25,30)(H,26,31)(H,27,28,33)/b29-14-/t11-,12+/m0/s1. The number of nitrogens with one attached hydrogen (secondary N) is 3. The fraction of sp³-hybridized carbons (Fsp3) is 0.652. The lowest BCUT2D eigenvalue weighted by Crippen LogP contribution is -2.71. The lowest BCUT2D eigenvalue weighted by atomic mass is 9.99. The smallest absolute Gasteiger partial charge is 0.413 e. The van der Waals surface area contributed by atoms with Crippen LogP contribution in [0.25, 0.3) is 0 Å². The van der Waals surface area contributed by atoms with Crippen LogP contribution in [0.2, 0.25) is 4.34 Å². The zero-order valence-electron chi connectivity index (χ0n) is 24.0. The Morgan fingerprint density at radius 1 is 1.07 bits per heavy atom. The number of anilines is 1. The van der Waals surface area contributed by atoms with Crippen molar-refractivity contribution in [3.8, 4) is 0 Å². The number of rotatable bonds is 10. The molecule has 1 saturated heterocycles. The van der Waals surface area contributed by atoms with Crippen LogP contribution in [0.5, 0.6) is 0 Å². The van der Waals surface area contributed by atoms with Crippen LogP contribution in [0.3, 0.4) is 0 Å². The fourth-order valence-electron chi connectivity index (χ4n) is 2.84. The van der Waals surface area contributed by atoms with Gasteiger partial charge in [0.15, 0.2) is 10.8 Å². The molecule has 18 heteroatoms. The maximum atomic E-state index is 13.3. The van der Waals surface area contributed by atoms with Gasteiger partial charge < -0.3 is 24.9 Å². The van der Waals surface area contributed by atoms with Crippen molar-refractivity contribution in [3.05, 3.63) is 10.0 Å². The monoisotopic (exact) mass is 639 g/mol.